The molecule has 1 aromatic carbocycles. The van der Waals surface area contributed by atoms with Crippen LogP contribution < -0.4 is 10.0 Å². The molecule has 0 fully saturated rings. The SMILES string of the molecule is CC(=O)NS(=O)(=O)c1cccnc1Nc1cc(Cl)cc(Cl)c1. The maximum atomic E-state index is 12.1. The van der Waals surface area contributed by atoms with Crippen LogP contribution in [0.5, 0.6) is 0 Å². The van der Waals surface area contributed by atoms with E-state index < -0.39 is 15.9 Å². The monoisotopic (exact) mass is 359 g/mol. The van der Waals surface area contributed by atoms with E-state index in [9.17, 15) is 13.2 Å². The molecule has 2 rings (SSSR count). The van der Waals surface area contributed by atoms with E-state index in [0.717, 1.165) is 6.92 Å². The van der Waals surface area contributed by atoms with Gasteiger partial charge in [0.15, 0.2) is 5.82 Å². The maximum absolute atomic E-state index is 12.1. The molecule has 6 nitrogen and oxygen atoms in total. The highest BCUT2D eigenvalue weighted by atomic mass is 35.5. The summed E-state index contributed by atoms with van der Waals surface area (Å²) in [5.74, 6) is -0.643. The predicted octanol–water partition coefficient (Wildman–Crippen LogP) is 2.96. The minimum absolute atomic E-state index is 0.0505. The largest absolute Gasteiger partial charge is 0.339 e. The van der Waals surface area contributed by atoms with Crippen molar-refractivity contribution in [3.63, 3.8) is 0 Å². The van der Waals surface area contributed by atoms with Crippen LogP contribution in [0.4, 0.5) is 11.5 Å². The minimum atomic E-state index is -4.02. The number of carbonyl (C=O) groups is 1. The lowest BCUT2D eigenvalue weighted by molar-refractivity contribution is -0.117. The number of rotatable bonds is 4. The zero-order chi connectivity index (χ0) is 16.3. The Morgan fingerprint density at radius 3 is 2.41 bits per heavy atom. The molecule has 1 amide bonds. The quantitative estimate of drug-likeness (QED) is 0.875. The Bertz CT molecular complexity index is 805. The van der Waals surface area contributed by atoms with Gasteiger partial charge in [-0.15, -0.1) is 0 Å². The number of anilines is 2. The minimum Gasteiger partial charge on any atom is -0.339 e. The van der Waals surface area contributed by atoms with Crippen LogP contribution in [0.25, 0.3) is 0 Å². The molecule has 9 heteroatoms. The molecule has 0 radical (unpaired) electrons. The molecular weight excluding hydrogens is 349 g/mol. The molecule has 0 aliphatic rings. The van der Waals surface area contributed by atoms with Crippen LogP contribution >= 0.6 is 23.2 Å². The van der Waals surface area contributed by atoms with E-state index in [4.69, 9.17) is 23.2 Å². The fourth-order valence-corrected chi connectivity index (χ4v) is 3.34. The van der Waals surface area contributed by atoms with Crippen molar-refractivity contribution in [3.05, 3.63) is 46.6 Å². The molecule has 2 N–H and O–H groups in total. The first-order valence-electron chi connectivity index (χ1n) is 5.99. The van der Waals surface area contributed by atoms with Crippen LogP contribution in [0.15, 0.2) is 41.4 Å². The fourth-order valence-electron chi connectivity index (χ4n) is 1.71. The average Bonchev–Trinajstić information content (AvgIpc) is 2.36. The summed E-state index contributed by atoms with van der Waals surface area (Å²) in [6, 6.07) is 7.45. The van der Waals surface area contributed by atoms with Crippen molar-refractivity contribution in [1.82, 2.24) is 9.71 Å². The van der Waals surface area contributed by atoms with Crippen LogP contribution in [-0.2, 0) is 14.8 Å². The summed E-state index contributed by atoms with van der Waals surface area (Å²) < 4.78 is 26.1. The van der Waals surface area contributed by atoms with Crippen LogP contribution in [0.2, 0.25) is 10.0 Å². The van der Waals surface area contributed by atoms with Crippen LogP contribution in [0, 0.1) is 0 Å². The smallest absolute Gasteiger partial charge is 0.267 e. The number of amides is 1. The van der Waals surface area contributed by atoms with Crippen LogP contribution in [0.3, 0.4) is 0 Å². The molecule has 2 aromatic rings. The molecule has 0 unspecified atom stereocenters. The Morgan fingerprint density at radius 1 is 1.18 bits per heavy atom. The first-order valence-corrected chi connectivity index (χ1v) is 8.23. The third-order valence-corrected chi connectivity index (χ3v) is 4.36. The Hall–Kier alpha value is -1.83. The second kappa shape index (κ2) is 6.51. The molecule has 0 atom stereocenters. The number of hydrogen-bond acceptors (Lipinski definition) is 5. The zero-order valence-electron chi connectivity index (χ0n) is 11.3. The molecule has 0 spiro atoms. The summed E-state index contributed by atoms with van der Waals surface area (Å²) in [7, 11) is -4.02. The van der Waals surface area contributed by atoms with Crippen molar-refractivity contribution in [2.75, 3.05) is 5.32 Å². The highest BCUT2D eigenvalue weighted by Crippen LogP contribution is 2.27. The van der Waals surface area contributed by atoms with Gasteiger partial charge < -0.3 is 5.32 Å². The molecule has 0 saturated heterocycles. The summed E-state index contributed by atoms with van der Waals surface area (Å²) >= 11 is 11.8. The Labute approximate surface area is 137 Å². The van der Waals surface area contributed by atoms with Crippen molar-refractivity contribution < 1.29 is 13.2 Å². The van der Waals surface area contributed by atoms with E-state index in [0.29, 0.717) is 15.7 Å². The molecule has 1 heterocycles. The van der Waals surface area contributed by atoms with E-state index in [1.807, 2.05) is 4.72 Å². The normalized spacial score (nSPS) is 11.0. The second-order valence-corrected chi connectivity index (χ2v) is 6.82. The summed E-state index contributed by atoms with van der Waals surface area (Å²) in [5, 5.41) is 3.60. The van der Waals surface area contributed by atoms with Crippen molar-refractivity contribution in [3.8, 4) is 0 Å². The number of hydrogen-bond donors (Lipinski definition) is 2. The molecule has 1 aromatic heterocycles. The second-order valence-electron chi connectivity index (χ2n) is 4.29. The third kappa shape index (κ3) is 4.09. The van der Waals surface area contributed by atoms with Gasteiger partial charge in [0.25, 0.3) is 10.0 Å². The summed E-state index contributed by atoms with van der Waals surface area (Å²) in [6.45, 7) is 1.11. The Kier molecular flexibility index (Phi) is 4.90. The summed E-state index contributed by atoms with van der Waals surface area (Å²) in [6.07, 6.45) is 1.42. The average molecular weight is 360 g/mol. The number of benzene rings is 1. The third-order valence-electron chi connectivity index (χ3n) is 2.46. The van der Waals surface area contributed by atoms with Crippen LogP contribution in [-0.4, -0.2) is 19.3 Å². The number of nitrogens with one attached hydrogen (secondary N) is 2. The van der Waals surface area contributed by atoms with E-state index in [1.165, 1.54) is 18.3 Å². The highest BCUT2D eigenvalue weighted by Gasteiger charge is 2.20. The lowest BCUT2D eigenvalue weighted by atomic mass is 10.3. The van der Waals surface area contributed by atoms with E-state index in [-0.39, 0.29) is 10.7 Å². The number of pyridine rings is 1. The first kappa shape index (κ1) is 16.5. The standard InChI is InChI=1S/C13H11Cl2N3O3S/c1-8(19)18-22(20,21)12-3-2-4-16-13(12)17-11-6-9(14)5-10(15)7-11/h2-7H,1H3,(H,16,17)(H,18,19). The molecule has 0 bridgehead atoms. The molecule has 0 saturated carbocycles. The molecular formula is C13H11Cl2N3O3S. The van der Waals surface area contributed by atoms with Crippen molar-refractivity contribution in [1.29, 1.82) is 0 Å². The topological polar surface area (TPSA) is 88.2 Å². The van der Waals surface area contributed by atoms with Crippen molar-refractivity contribution in [2.45, 2.75) is 11.8 Å². The zero-order valence-corrected chi connectivity index (χ0v) is 13.6. The Morgan fingerprint density at radius 2 is 1.82 bits per heavy atom. The van der Waals surface area contributed by atoms with Gasteiger partial charge in [-0.25, -0.2) is 18.1 Å². The van der Waals surface area contributed by atoms with Gasteiger partial charge in [0.05, 0.1) is 0 Å². The Balaban J connectivity index is 2.43. The van der Waals surface area contributed by atoms with Gasteiger partial charge >= 0.3 is 0 Å². The fraction of sp³-hybridized carbons (Fsp3) is 0.0769. The van der Waals surface area contributed by atoms with Gasteiger partial charge in [-0.3, -0.25) is 4.79 Å². The molecule has 0 aliphatic carbocycles. The molecule has 116 valence electrons. The molecule has 0 aliphatic heterocycles. The predicted molar refractivity (Wildman–Crippen MR) is 85.0 cm³/mol. The van der Waals surface area contributed by atoms with E-state index in [2.05, 4.69) is 10.3 Å². The van der Waals surface area contributed by atoms with Gasteiger partial charge in [-0.05, 0) is 30.3 Å². The molecule has 22 heavy (non-hydrogen) atoms. The van der Waals surface area contributed by atoms with E-state index >= 15 is 0 Å². The van der Waals surface area contributed by atoms with Gasteiger partial charge in [0, 0.05) is 28.9 Å². The van der Waals surface area contributed by atoms with Crippen molar-refractivity contribution >= 4 is 50.6 Å². The van der Waals surface area contributed by atoms with Crippen LogP contribution in [0.1, 0.15) is 6.92 Å². The summed E-state index contributed by atoms with van der Waals surface area (Å²) in [4.78, 5) is 14.8. The lowest BCUT2D eigenvalue weighted by Crippen LogP contribution is -2.28. The highest BCUT2D eigenvalue weighted by molar-refractivity contribution is 7.90. The number of carbonyl (C=O) groups excluding carboxylic acids is 1. The number of aromatic nitrogens is 1. The lowest BCUT2D eigenvalue weighted by Gasteiger charge is -2.12. The number of nitrogens with zero attached hydrogens (tertiary/aromatic N) is 1. The summed E-state index contributed by atoms with van der Waals surface area (Å²) in [5.41, 5.74) is 0.468. The van der Waals surface area contributed by atoms with Gasteiger partial charge in [-0.2, -0.15) is 0 Å². The maximum Gasteiger partial charge on any atom is 0.267 e. The number of sulfonamides is 1. The van der Waals surface area contributed by atoms with Gasteiger partial charge in [0.1, 0.15) is 4.90 Å². The number of halogens is 2. The van der Waals surface area contributed by atoms with Gasteiger partial charge in [-0.1, -0.05) is 23.2 Å². The van der Waals surface area contributed by atoms with E-state index in [1.54, 1.807) is 18.2 Å². The first-order chi connectivity index (χ1) is 10.3. The van der Waals surface area contributed by atoms with Gasteiger partial charge in [0.2, 0.25) is 5.91 Å². The van der Waals surface area contributed by atoms with Crippen molar-refractivity contribution in [2.24, 2.45) is 0 Å².